The Balaban J connectivity index is 1.98. The minimum Gasteiger partial charge on any atom is -0.312 e. The topological polar surface area (TPSA) is 33.1 Å². The smallest absolute Gasteiger partial charge is 0.0534 e. The van der Waals surface area contributed by atoms with Crippen molar-refractivity contribution in [3.05, 3.63) is 18.0 Å². The zero-order chi connectivity index (χ0) is 15.1. The molecule has 1 aromatic heterocycles. The van der Waals surface area contributed by atoms with Crippen LogP contribution < -0.4 is 5.32 Å². The monoisotopic (exact) mass is 292 g/mol. The average molecular weight is 292 g/mol. The molecular weight excluding hydrogens is 260 g/mol. The highest BCUT2D eigenvalue weighted by Gasteiger charge is 2.25. The van der Waals surface area contributed by atoms with Gasteiger partial charge in [-0.15, -0.1) is 0 Å². The fraction of sp³-hybridized carbons (Fsp3) is 0.824. The van der Waals surface area contributed by atoms with Gasteiger partial charge in [0.15, 0.2) is 0 Å². The van der Waals surface area contributed by atoms with E-state index in [1.807, 2.05) is 17.9 Å². The second kappa shape index (κ2) is 8.54. The summed E-state index contributed by atoms with van der Waals surface area (Å²) in [5.74, 6) is 0. The molecule has 1 aliphatic carbocycles. The first-order chi connectivity index (χ1) is 10.2. The summed E-state index contributed by atoms with van der Waals surface area (Å²) in [4.78, 5) is 2.54. The highest BCUT2D eigenvalue weighted by atomic mass is 15.2. The van der Waals surface area contributed by atoms with Crippen LogP contribution in [0.4, 0.5) is 0 Å². The molecule has 1 saturated carbocycles. The summed E-state index contributed by atoms with van der Waals surface area (Å²) in [6.45, 7) is 4.40. The molecule has 0 bridgehead atoms. The van der Waals surface area contributed by atoms with Crippen LogP contribution in [0.15, 0.2) is 12.4 Å². The van der Waals surface area contributed by atoms with Gasteiger partial charge in [0, 0.05) is 37.4 Å². The van der Waals surface area contributed by atoms with Crippen LogP contribution in [0.1, 0.15) is 57.4 Å². The van der Waals surface area contributed by atoms with E-state index in [2.05, 4.69) is 35.5 Å². The van der Waals surface area contributed by atoms with Crippen molar-refractivity contribution in [3.8, 4) is 0 Å². The predicted octanol–water partition coefficient (Wildman–Crippen LogP) is 2.94. The van der Waals surface area contributed by atoms with Crippen molar-refractivity contribution in [2.45, 2.75) is 70.5 Å². The maximum Gasteiger partial charge on any atom is 0.0534 e. The van der Waals surface area contributed by atoms with E-state index in [1.54, 1.807) is 0 Å². The van der Waals surface area contributed by atoms with Gasteiger partial charge in [-0.3, -0.25) is 9.58 Å². The van der Waals surface area contributed by atoms with E-state index in [4.69, 9.17) is 0 Å². The number of hydrogen-bond donors (Lipinski definition) is 1. The van der Waals surface area contributed by atoms with Crippen molar-refractivity contribution in [1.82, 2.24) is 20.0 Å². The van der Waals surface area contributed by atoms with Gasteiger partial charge in [-0.25, -0.2) is 0 Å². The van der Waals surface area contributed by atoms with Gasteiger partial charge < -0.3 is 5.32 Å². The van der Waals surface area contributed by atoms with E-state index < -0.39 is 0 Å². The number of aromatic nitrogens is 2. The number of rotatable bonds is 6. The molecule has 1 aliphatic rings. The van der Waals surface area contributed by atoms with Crippen molar-refractivity contribution < 1.29 is 0 Å². The molecule has 0 radical (unpaired) electrons. The normalized spacial score (nSPS) is 24.0. The molecule has 0 aromatic carbocycles. The summed E-state index contributed by atoms with van der Waals surface area (Å²) in [5.41, 5.74) is 1.32. The molecule has 1 fully saturated rings. The summed E-state index contributed by atoms with van der Waals surface area (Å²) in [6.07, 6.45) is 13.5. The van der Waals surface area contributed by atoms with Gasteiger partial charge in [-0.05, 0) is 32.9 Å². The van der Waals surface area contributed by atoms with E-state index in [9.17, 15) is 0 Å². The number of likely N-dealkylation sites (N-methyl/N-ethyl adjacent to an activating group) is 1. The van der Waals surface area contributed by atoms with E-state index in [1.165, 1.54) is 50.5 Å². The fourth-order valence-electron chi connectivity index (χ4n) is 3.52. The van der Waals surface area contributed by atoms with Crippen LogP contribution in [0.3, 0.4) is 0 Å². The minimum absolute atomic E-state index is 0.645. The SMILES string of the molecule is CCCNC1CCCCCCC1N(C)Cc1cnn(C)c1. The Labute approximate surface area is 129 Å². The lowest BCUT2D eigenvalue weighted by Gasteiger charge is -2.36. The Morgan fingerprint density at radius 3 is 2.71 bits per heavy atom. The van der Waals surface area contributed by atoms with E-state index in [0.717, 1.165) is 13.1 Å². The van der Waals surface area contributed by atoms with Crippen LogP contribution in [0, 0.1) is 0 Å². The van der Waals surface area contributed by atoms with Crippen molar-refractivity contribution in [2.24, 2.45) is 7.05 Å². The van der Waals surface area contributed by atoms with Crippen molar-refractivity contribution in [1.29, 1.82) is 0 Å². The molecule has 1 heterocycles. The second-order valence-corrected chi connectivity index (χ2v) is 6.56. The first-order valence-corrected chi connectivity index (χ1v) is 8.62. The number of nitrogens with one attached hydrogen (secondary N) is 1. The molecular formula is C17H32N4. The molecule has 0 saturated heterocycles. The van der Waals surface area contributed by atoms with Gasteiger partial charge in [0.25, 0.3) is 0 Å². The van der Waals surface area contributed by atoms with E-state index in [0.29, 0.717) is 12.1 Å². The quantitative estimate of drug-likeness (QED) is 0.875. The lowest BCUT2D eigenvalue weighted by Crippen LogP contribution is -2.49. The molecule has 0 amide bonds. The standard InChI is InChI=1S/C17H32N4/c1-4-11-18-16-9-7-5-6-8-10-17(16)20(2)13-15-12-19-21(3)14-15/h12,14,16-18H,4-11,13H2,1-3H3. The first kappa shape index (κ1) is 16.5. The molecule has 0 spiro atoms. The largest absolute Gasteiger partial charge is 0.312 e. The Morgan fingerprint density at radius 2 is 2.05 bits per heavy atom. The molecule has 2 unspecified atom stereocenters. The van der Waals surface area contributed by atoms with Crippen LogP contribution in [0.2, 0.25) is 0 Å². The number of aryl methyl sites for hydroxylation is 1. The Kier molecular flexibility index (Phi) is 6.71. The van der Waals surface area contributed by atoms with E-state index >= 15 is 0 Å². The molecule has 1 N–H and O–H groups in total. The van der Waals surface area contributed by atoms with Gasteiger partial charge >= 0.3 is 0 Å². The van der Waals surface area contributed by atoms with Crippen LogP contribution in [-0.2, 0) is 13.6 Å². The molecule has 2 rings (SSSR count). The third-order valence-electron chi connectivity index (χ3n) is 4.64. The molecule has 2 atom stereocenters. The predicted molar refractivity (Wildman–Crippen MR) is 88.2 cm³/mol. The van der Waals surface area contributed by atoms with Gasteiger partial charge in [-0.1, -0.05) is 32.6 Å². The molecule has 4 heteroatoms. The van der Waals surface area contributed by atoms with Crippen molar-refractivity contribution in [2.75, 3.05) is 13.6 Å². The Hall–Kier alpha value is -0.870. The maximum absolute atomic E-state index is 4.29. The summed E-state index contributed by atoms with van der Waals surface area (Å²) in [7, 11) is 4.27. The Bertz CT molecular complexity index is 399. The lowest BCUT2D eigenvalue weighted by molar-refractivity contribution is 0.156. The molecule has 21 heavy (non-hydrogen) atoms. The van der Waals surface area contributed by atoms with Crippen molar-refractivity contribution >= 4 is 0 Å². The molecule has 120 valence electrons. The third kappa shape index (κ3) is 5.11. The zero-order valence-electron chi connectivity index (χ0n) is 14.0. The van der Waals surface area contributed by atoms with Crippen LogP contribution in [-0.4, -0.2) is 40.4 Å². The molecule has 0 aliphatic heterocycles. The summed E-state index contributed by atoms with van der Waals surface area (Å²) >= 11 is 0. The van der Waals surface area contributed by atoms with Crippen molar-refractivity contribution in [3.63, 3.8) is 0 Å². The Morgan fingerprint density at radius 1 is 1.29 bits per heavy atom. The van der Waals surface area contributed by atoms with Crippen LogP contribution in [0.25, 0.3) is 0 Å². The van der Waals surface area contributed by atoms with Gasteiger partial charge in [0.1, 0.15) is 0 Å². The number of hydrogen-bond acceptors (Lipinski definition) is 3. The summed E-state index contributed by atoms with van der Waals surface area (Å²) in [5, 5.41) is 8.09. The zero-order valence-corrected chi connectivity index (χ0v) is 14.0. The average Bonchev–Trinajstić information content (AvgIpc) is 2.83. The van der Waals surface area contributed by atoms with Gasteiger partial charge in [0.05, 0.1) is 6.20 Å². The van der Waals surface area contributed by atoms with Crippen LogP contribution >= 0.6 is 0 Å². The first-order valence-electron chi connectivity index (χ1n) is 8.62. The second-order valence-electron chi connectivity index (χ2n) is 6.56. The highest BCUT2D eigenvalue weighted by Crippen LogP contribution is 2.22. The van der Waals surface area contributed by atoms with Crippen LogP contribution in [0.5, 0.6) is 0 Å². The van der Waals surface area contributed by atoms with E-state index in [-0.39, 0.29) is 0 Å². The van der Waals surface area contributed by atoms with Gasteiger partial charge in [-0.2, -0.15) is 5.10 Å². The molecule has 4 nitrogen and oxygen atoms in total. The number of nitrogens with zero attached hydrogens (tertiary/aromatic N) is 3. The third-order valence-corrected chi connectivity index (χ3v) is 4.64. The fourth-order valence-corrected chi connectivity index (χ4v) is 3.52. The molecule has 1 aromatic rings. The highest BCUT2D eigenvalue weighted by molar-refractivity contribution is 5.04. The lowest BCUT2D eigenvalue weighted by atomic mass is 9.91. The van der Waals surface area contributed by atoms with Gasteiger partial charge in [0.2, 0.25) is 0 Å². The summed E-state index contributed by atoms with van der Waals surface area (Å²) in [6, 6.07) is 1.30. The summed E-state index contributed by atoms with van der Waals surface area (Å²) < 4.78 is 1.90. The minimum atomic E-state index is 0.645. The maximum atomic E-state index is 4.29.